The average Bonchev–Trinajstić information content (AvgIpc) is 3.25. The highest BCUT2D eigenvalue weighted by Gasteiger charge is 2.27. The highest BCUT2D eigenvalue weighted by Crippen LogP contribution is 2.20. The fourth-order valence-corrected chi connectivity index (χ4v) is 3.30. The van der Waals surface area contributed by atoms with Gasteiger partial charge in [-0.25, -0.2) is 4.79 Å². The molecule has 1 saturated heterocycles. The second kappa shape index (κ2) is 7.68. The fraction of sp³-hybridized carbons (Fsp3) is 0.474. The number of hydrogen-bond donors (Lipinski definition) is 0. The zero-order chi connectivity index (χ0) is 18.7. The number of ether oxygens (including phenoxy) is 1. The van der Waals surface area contributed by atoms with Crippen LogP contribution in [0.2, 0.25) is 0 Å². The highest BCUT2D eigenvalue weighted by molar-refractivity contribution is 5.96. The molecule has 1 aliphatic rings. The minimum Gasteiger partial charge on any atom is -0.467 e. The maximum atomic E-state index is 12.9. The summed E-state index contributed by atoms with van der Waals surface area (Å²) in [4.78, 5) is 28.2. The Hall–Kier alpha value is -2.70. The van der Waals surface area contributed by atoms with Crippen molar-refractivity contribution < 1.29 is 18.7 Å². The van der Waals surface area contributed by atoms with Gasteiger partial charge in [-0.1, -0.05) is 0 Å². The molecule has 2 aromatic rings. The van der Waals surface area contributed by atoms with E-state index in [1.165, 1.54) is 0 Å². The number of carbonyl (C=O) groups is 2. The van der Waals surface area contributed by atoms with Gasteiger partial charge in [0.25, 0.3) is 5.91 Å². The lowest BCUT2D eigenvalue weighted by Gasteiger charge is -2.34. The summed E-state index contributed by atoms with van der Waals surface area (Å²) in [6.45, 7) is 8.72. The first kappa shape index (κ1) is 18.1. The molecule has 7 heteroatoms. The molecule has 0 spiro atoms. The number of nitrogens with zero attached hydrogens (tertiary/aromatic N) is 3. The van der Waals surface area contributed by atoms with Crippen LogP contribution in [0, 0.1) is 13.8 Å². The molecule has 3 rings (SSSR count). The van der Waals surface area contributed by atoms with E-state index in [4.69, 9.17) is 9.15 Å². The monoisotopic (exact) mass is 359 g/mol. The van der Waals surface area contributed by atoms with Gasteiger partial charge < -0.3 is 23.5 Å². The Morgan fingerprint density at radius 2 is 1.85 bits per heavy atom. The second-order valence-corrected chi connectivity index (χ2v) is 6.43. The van der Waals surface area contributed by atoms with Crippen LogP contribution in [0.15, 0.2) is 28.9 Å². The van der Waals surface area contributed by atoms with E-state index in [0.29, 0.717) is 44.9 Å². The first-order valence-electron chi connectivity index (χ1n) is 8.91. The van der Waals surface area contributed by atoms with Crippen molar-refractivity contribution in [2.24, 2.45) is 0 Å². The maximum absolute atomic E-state index is 12.9. The van der Waals surface area contributed by atoms with Crippen molar-refractivity contribution in [2.75, 3.05) is 32.8 Å². The number of piperazine rings is 1. The van der Waals surface area contributed by atoms with Gasteiger partial charge >= 0.3 is 6.09 Å². The van der Waals surface area contributed by atoms with Crippen LogP contribution in [0.3, 0.4) is 0 Å². The molecule has 1 aliphatic heterocycles. The number of hydrogen-bond acceptors (Lipinski definition) is 4. The van der Waals surface area contributed by atoms with E-state index < -0.39 is 0 Å². The van der Waals surface area contributed by atoms with Gasteiger partial charge in [0.05, 0.1) is 25.0 Å². The summed E-state index contributed by atoms with van der Waals surface area (Å²) in [5.74, 6) is 0.862. The van der Waals surface area contributed by atoms with Crippen molar-refractivity contribution in [1.29, 1.82) is 0 Å². The number of amides is 2. The number of aryl methyl sites for hydroxylation is 1. The van der Waals surface area contributed by atoms with Crippen molar-refractivity contribution in [3.05, 3.63) is 47.2 Å². The van der Waals surface area contributed by atoms with Gasteiger partial charge in [-0.2, -0.15) is 0 Å². The van der Waals surface area contributed by atoms with Crippen LogP contribution in [-0.2, 0) is 11.3 Å². The third-order valence-electron chi connectivity index (χ3n) is 4.79. The van der Waals surface area contributed by atoms with Crippen molar-refractivity contribution in [2.45, 2.75) is 27.3 Å². The summed E-state index contributed by atoms with van der Waals surface area (Å²) in [7, 11) is 0. The lowest BCUT2D eigenvalue weighted by atomic mass is 10.2. The van der Waals surface area contributed by atoms with E-state index >= 15 is 0 Å². The molecule has 0 saturated carbocycles. The van der Waals surface area contributed by atoms with Crippen LogP contribution in [0.4, 0.5) is 4.79 Å². The second-order valence-electron chi connectivity index (χ2n) is 6.43. The molecule has 0 bridgehead atoms. The highest BCUT2D eigenvalue weighted by atomic mass is 16.6. The van der Waals surface area contributed by atoms with Gasteiger partial charge in [0.1, 0.15) is 5.76 Å². The van der Waals surface area contributed by atoms with Crippen LogP contribution in [-0.4, -0.2) is 59.2 Å². The Balaban J connectivity index is 1.68. The SMILES string of the molecule is CCOC(=O)N1CCN(C(=O)c2cc(C)n(Cc3ccco3)c2C)CC1. The molecule has 26 heavy (non-hydrogen) atoms. The largest absolute Gasteiger partial charge is 0.467 e. The Morgan fingerprint density at radius 1 is 1.15 bits per heavy atom. The van der Waals surface area contributed by atoms with Gasteiger partial charge in [-0.15, -0.1) is 0 Å². The number of furan rings is 1. The van der Waals surface area contributed by atoms with Gasteiger partial charge in [-0.3, -0.25) is 4.79 Å². The molecule has 0 aromatic carbocycles. The quantitative estimate of drug-likeness (QED) is 0.842. The molecule has 0 radical (unpaired) electrons. The maximum Gasteiger partial charge on any atom is 0.409 e. The molecule has 2 amide bonds. The lowest BCUT2D eigenvalue weighted by molar-refractivity contribution is 0.0570. The predicted molar refractivity (Wildman–Crippen MR) is 96.2 cm³/mol. The topological polar surface area (TPSA) is 67.9 Å². The number of carbonyl (C=O) groups excluding carboxylic acids is 2. The van der Waals surface area contributed by atoms with Gasteiger partial charge in [-0.05, 0) is 39.0 Å². The lowest BCUT2D eigenvalue weighted by Crippen LogP contribution is -2.50. The Labute approximate surface area is 153 Å². The van der Waals surface area contributed by atoms with Crippen LogP contribution in [0.1, 0.15) is 34.4 Å². The van der Waals surface area contributed by atoms with E-state index in [9.17, 15) is 9.59 Å². The van der Waals surface area contributed by atoms with Crippen LogP contribution < -0.4 is 0 Å². The average molecular weight is 359 g/mol. The third-order valence-corrected chi connectivity index (χ3v) is 4.79. The van der Waals surface area contributed by atoms with Crippen molar-refractivity contribution in [1.82, 2.24) is 14.4 Å². The summed E-state index contributed by atoms with van der Waals surface area (Å²) in [6, 6.07) is 5.71. The Kier molecular flexibility index (Phi) is 5.35. The van der Waals surface area contributed by atoms with Crippen LogP contribution >= 0.6 is 0 Å². The molecular weight excluding hydrogens is 334 g/mol. The van der Waals surface area contributed by atoms with E-state index in [2.05, 4.69) is 4.57 Å². The molecule has 0 N–H and O–H groups in total. The van der Waals surface area contributed by atoms with Crippen LogP contribution in [0.5, 0.6) is 0 Å². The number of aromatic nitrogens is 1. The Bertz CT molecular complexity index is 771. The summed E-state index contributed by atoms with van der Waals surface area (Å²) in [5.41, 5.74) is 2.66. The van der Waals surface area contributed by atoms with Crippen molar-refractivity contribution in [3.63, 3.8) is 0 Å². The predicted octanol–water partition coefficient (Wildman–Crippen LogP) is 2.66. The molecular formula is C19H25N3O4. The molecule has 3 heterocycles. The molecule has 0 atom stereocenters. The molecule has 7 nitrogen and oxygen atoms in total. The summed E-state index contributed by atoms with van der Waals surface area (Å²) in [6.07, 6.45) is 1.34. The minimum absolute atomic E-state index is 0.00676. The molecule has 0 aliphatic carbocycles. The van der Waals surface area contributed by atoms with E-state index in [1.807, 2.05) is 32.0 Å². The molecule has 2 aromatic heterocycles. The number of rotatable bonds is 4. The third kappa shape index (κ3) is 3.61. The minimum atomic E-state index is -0.309. The molecule has 0 unspecified atom stereocenters. The van der Waals surface area contributed by atoms with Gasteiger partial charge in [0.15, 0.2) is 0 Å². The van der Waals surface area contributed by atoms with E-state index in [0.717, 1.165) is 17.1 Å². The first-order chi connectivity index (χ1) is 12.5. The normalized spacial score (nSPS) is 14.6. The summed E-state index contributed by atoms with van der Waals surface area (Å²) >= 11 is 0. The van der Waals surface area contributed by atoms with Gasteiger partial charge in [0.2, 0.25) is 0 Å². The smallest absolute Gasteiger partial charge is 0.409 e. The first-order valence-corrected chi connectivity index (χ1v) is 8.91. The molecule has 140 valence electrons. The van der Waals surface area contributed by atoms with E-state index in [1.54, 1.807) is 23.0 Å². The van der Waals surface area contributed by atoms with E-state index in [-0.39, 0.29) is 12.0 Å². The summed E-state index contributed by atoms with van der Waals surface area (Å²) < 4.78 is 12.5. The standard InChI is InChI=1S/C19H25N3O4/c1-4-25-19(24)21-9-7-20(8-10-21)18(23)17-12-14(2)22(15(17)3)13-16-6-5-11-26-16/h5-6,11-12H,4,7-10,13H2,1-3H3. The fourth-order valence-electron chi connectivity index (χ4n) is 3.30. The summed E-state index contributed by atoms with van der Waals surface area (Å²) in [5, 5.41) is 0. The molecule has 1 fully saturated rings. The van der Waals surface area contributed by atoms with Gasteiger partial charge in [0, 0.05) is 37.6 Å². The zero-order valence-electron chi connectivity index (χ0n) is 15.5. The van der Waals surface area contributed by atoms with Crippen molar-refractivity contribution in [3.8, 4) is 0 Å². The zero-order valence-corrected chi connectivity index (χ0v) is 15.5. The Morgan fingerprint density at radius 3 is 2.46 bits per heavy atom. The van der Waals surface area contributed by atoms with Crippen molar-refractivity contribution >= 4 is 12.0 Å². The van der Waals surface area contributed by atoms with Crippen LogP contribution in [0.25, 0.3) is 0 Å².